The van der Waals surface area contributed by atoms with Crippen LogP contribution in [0.4, 0.5) is 4.39 Å². The maximum Gasteiger partial charge on any atom is 0.328 e. The molecule has 0 spiro atoms. The van der Waals surface area contributed by atoms with Gasteiger partial charge in [-0.3, -0.25) is 14.4 Å². The normalized spacial score (nSPS) is 20.2. The number of ether oxygens (including phenoxy) is 1. The average Bonchev–Trinajstić information content (AvgIpc) is 2.82. The standard InChI is InChI=1S/C24H32FN3O5/c1-16(29)28-12-11-27(23(31)18-9-6-10-19(25)14-18)15-21(28)22(30)26-20(24(32)33-2)13-17-7-4-3-5-8-17/h6,9-10,14,17,20-21H,3-5,7-8,11-13,15H2,1-2H3,(H,26,30)/t20-,21+/m0/s1. The van der Waals surface area contributed by atoms with Gasteiger partial charge in [0.1, 0.15) is 17.9 Å². The van der Waals surface area contributed by atoms with E-state index in [-0.39, 0.29) is 31.1 Å². The Hall–Kier alpha value is -2.97. The highest BCUT2D eigenvalue weighted by Crippen LogP contribution is 2.27. The third-order valence-corrected chi connectivity index (χ3v) is 6.54. The molecule has 1 saturated heterocycles. The van der Waals surface area contributed by atoms with Crippen molar-refractivity contribution in [2.75, 3.05) is 26.7 Å². The van der Waals surface area contributed by atoms with Crippen LogP contribution < -0.4 is 5.32 Å². The first kappa shape index (κ1) is 24.7. The Balaban J connectivity index is 1.74. The number of piperazine rings is 1. The smallest absolute Gasteiger partial charge is 0.328 e. The first-order chi connectivity index (χ1) is 15.8. The molecule has 1 aromatic carbocycles. The van der Waals surface area contributed by atoms with Crippen LogP contribution in [0, 0.1) is 11.7 Å². The quantitative estimate of drug-likeness (QED) is 0.655. The molecule has 8 nitrogen and oxygen atoms in total. The second-order valence-corrected chi connectivity index (χ2v) is 8.81. The lowest BCUT2D eigenvalue weighted by molar-refractivity contribution is -0.148. The average molecular weight is 462 g/mol. The predicted octanol–water partition coefficient (Wildman–Crippen LogP) is 2.13. The van der Waals surface area contributed by atoms with E-state index in [9.17, 15) is 23.6 Å². The third-order valence-electron chi connectivity index (χ3n) is 6.54. The topological polar surface area (TPSA) is 96.0 Å². The summed E-state index contributed by atoms with van der Waals surface area (Å²) < 4.78 is 18.5. The molecule has 1 aromatic rings. The molecule has 3 amide bonds. The highest BCUT2D eigenvalue weighted by atomic mass is 19.1. The molecule has 180 valence electrons. The zero-order chi connectivity index (χ0) is 24.0. The summed E-state index contributed by atoms with van der Waals surface area (Å²) in [6.45, 7) is 1.71. The van der Waals surface area contributed by atoms with Crippen LogP contribution in [0.5, 0.6) is 0 Å². The lowest BCUT2D eigenvalue weighted by Gasteiger charge is -2.40. The molecule has 2 fully saturated rings. The van der Waals surface area contributed by atoms with Gasteiger partial charge in [-0.1, -0.05) is 38.2 Å². The van der Waals surface area contributed by atoms with E-state index in [0.717, 1.165) is 31.7 Å². The van der Waals surface area contributed by atoms with Crippen LogP contribution in [0.1, 0.15) is 55.8 Å². The second kappa shape index (κ2) is 11.2. The van der Waals surface area contributed by atoms with Gasteiger partial charge in [-0.15, -0.1) is 0 Å². The molecular formula is C24H32FN3O5. The van der Waals surface area contributed by atoms with Gasteiger partial charge in [-0.05, 0) is 30.5 Å². The van der Waals surface area contributed by atoms with Gasteiger partial charge in [0.2, 0.25) is 11.8 Å². The highest BCUT2D eigenvalue weighted by Gasteiger charge is 2.38. The molecule has 2 aliphatic rings. The lowest BCUT2D eigenvalue weighted by atomic mass is 9.84. The number of carbonyl (C=O) groups excluding carboxylic acids is 4. The van der Waals surface area contributed by atoms with E-state index in [1.165, 1.54) is 48.5 Å². The minimum Gasteiger partial charge on any atom is -0.467 e. The van der Waals surface area contributed by atoms with Gasteiger partial charge in [0.05, 0.1) is 13.7 Å². The number of halogens is 1. The van der Waals surface area contributed by atoms with Crippen LogP contribution >= 0.6 is 0 Å². The monoisotopic (exact) mass is 461 g/mol. The lowest BCUT2D eigenvalue weighted by Crippen LogP contribution is -2.62. The summed E-state index contributed by atoms with van der Waals surface area (Å²) in [5.41, 5.74) is 0.176. The van der Waals surface area contributed by atoms with Crippen molar-refractivity contribution in [3.63, 3.8) is 0 Å². The third kappa shape index (κ3) is 6.30. The van der Waals surface area contributed by atoms with Gasteiger partial charge in [0, 0.05) is 25.6 Å². The molecule has 9 heteroatoms. The molecule has 3 rings (SSSR count). The fourth-order valence-electron chi connectivity index (χ4n) is 4.75. The van der Waals surface area contributed by atoms with Crippen LogP contribution in [0.2, 0.25) is 0 Å². The largest absolute Gasteiger partial charge is 0.467 e. The van der Waals surface area contributed by atoms with Crippen molar-refractivity contribution in [3.05, 3.63) is 35.6 Å². The number of amides is 3. The van der Waals surface area contributed by atoms with Crippen molar-refractivity contribution >= 4 is 23.7 Å². The van der Waals surface area contributed by atoms with Gasteiger partial charge in [0.15, 0.2) is 0 Å². The van der Waals surface area contributed by atoms with Gasteiger partial charge < -0.3 is 19.9 Å². The predicted molar refractivity (Wildman–Crippen MR) is 119 cm³/mol. The van der Waals surface area contributed by atoms with E-state index in [4.69, 9.17) is 4.74 Å². The molecule has 0 unspecified atom stereocenters. The van der Waals surface area contributed by atoms with Crippen molar-refractivity contribution in [3.8, 4) is 0 Å². The van der Waals surface area contributed by atoms with Crippen LogP contribution in [-0.4, -0.2) is 72.3 Å². The van der Waals surface area contributed by atoms with Crippen molar-refractivity contribution in [2.45, 2.75) is 57.5 Å². The van der Waals surface area contributed by atoms with E-state index >= 15 is 0 Å². The number of esters is 1. The van der Waals surface area contributed by atoms with Crippen LogP contribution in [-0.2, 0) is 19.1 Å². The molecular weight excluding hydrogens is 429 g/mol. The molecule has 1 aliphatic heterocycles. The van der Waals surface area contributed by atoms with E-state index in [2.05, 4.69) is 5.32 Å². The second-order valence-electron chi connectivity index (χ2n) is 8.81. The fraction of sp³-hybridized carbons (Fsp3) is 0.583. The Bertz CT molecular complexity index is 887. The molecule has 33 heavy (non-hydrogen) atoms. The number of methoxy groups -OCH3 is 1. The summed E-state index contributed by atoms with van der Waals surface area (Å²) in [6, 6.07) is 3.59. The maximum atomic E-state index is 13.6. The van der Waals surface area contributed by atoms with Gasteiger partial charge >= 0.3 is 5.97 Å². The molecule has 2 atom stereocenters. The number of hydrogen-bond donors (Lipinski definition) is 1. The Kier molecular flexibility index (Phi) is 8.41. The molecule has 0 aromatic heterocycles. The minimum absolute atomic E-state index is 0.0436. The summed E-state index contributed by atoms with van der Waals surface area (Å²) in [5, 5.41) is 2.77. The van der Waals surface area contributed by atoms with E-state index < -0.39 is 35.7 Å². The molecule has 1 aliphatic carbocycles. The number of benzene rings is 1. The molecule has 0 bridgehead atoms. The van der Waals surface area contributed by atoms with E-state index in [1.807, 2.05) is 0 Å². The first-order valence-corrected chi connectivity index (χ1v) is 11.5. The summed E-state index contributed by atoms with van der Waals surface area (Å²) in [7, 11) is 1.28. The van der Waals surface area contributed by atoms with Gasteiger partial charge in [-0.2, -0.15) is 0 Å². The molecule has 1 N–H and O–H groups in total. The Morgan fingerprint density at radius 3 is 2.52 bits per heavy atom. The van der Waals surface area contributed by atoms with Crippen LogP contribution in [0.3, 0.4) is 0 Å². The van der Waals surface area contributed by atoms with Crippen molar-refractivity contribution in [1.82, 2.24) is 15.1 Å². The number of rotatable bonds is 6. The summed E-state index contributed by atoms with van der Waals surface area (Å²) in [4.78, 5) is 53.5. The number of carbonyl (C=O) groups is 4. The SMILES string of the molecule is COC(=O)[C@H](CC1CCCCC1)NC(=O)[C@H]1CN(C(=O)c2cccc(F)c2)CCN1C(C)=O. The Morgan fingerprint density at radius 2 is 1.88 bits per heavy atom. The van der Waals surface area contributed by atoms with Gasteiger partial charge in [0.25, 0.3) is 5.91 Å². The summed E-state index contributed by atoms with van der Waals surface area (Å²) >= 11 is 0. The molecule has 1 heterocycles. The van der Waals surface area contributed by atoms with Crippen LogP contribution in [0.15, 0.2) is 24.3 Å². The van der Waals surface area contributed by atoms with Crippen molar-refractivity contribution in [2.24, 2.45) is 5.92 Å². The summed E-state index contributed by atoms with van der Waals surface area (Å²) in [5.74, 6) is -1.94. The number of nitrogens with zero attached hydrogens (tertiary/aromatic N) is 2. The van der Waals surface area contributed by atoms with Gasteiger partial charge in [-0.25, -0.2) is 9.18 Å². The highest BCUT2D eigenvalue weighted by molar-refractivity contribution is 5.96. The molecule has 0 radical (unpaired) electrons. The molecule has 1 saturated carbocycles. The van der Waals surface area contributed by atoms with E-state index in [1.54, 1.807) is 0 Å². The zero-order valence-corrected chi connectivity index (χ0v) is 19.2. The van der Waals surface area contributed by atoms with Crippen molar-refractivity contribution in [1.29, 1.82) is 0 Å². The maximum absolute atomic E-state index is 13.6. The van der Waals surface area contributed by atoms with E-state index in [0.29, 0.717) is 12.3 Å². The van der Waals surface area contributed by atoms with Crippen molar-refractivity contribution < 1.29 is 28.3 Å². The zero-order valence-electron chi connectivity index (χ0n) is 19.2. The number of nitrogens with one attached hydrogen (secondary N) is 1. The Morgan fingerprint density at radius 1 is 1.15 bits per heavy atom. The summed E-state index contributed by atoms with van der Waals surface area (Å²) in [6.07, 6.45) is 5.87. The van der Waals surface area contributed by atoms with Crippen LogP contribution in [0.25, 0.3) is 0 Å². The minimum atomic E-state index is -0.952. The fourth-order valence-corrected chi connectivity index (χ4v) is 4.75. The Labute approximate surface area is 193 Å². The number of hydrogen-bond acceptors (Lipinski definition) is 5. The first-order valence-electron chi connectivity index (χ1n) is 11.5.